The second kappa shape index (κ2) is 9.15. The van der Waals surface area contributed by atoms with E-state index in [2.05, 4.69) is 43.5 Å². The zero-order valence-corrected chi connectivity index (χ0v) is 19.6. The average Bonchev–Trinajstić information content (AvgIpc) is 3.50. The molecule has 0 fully saturated rings. The molecular formula is C25H21BrN4O3. The van der Waals surface area contributed by atoms with Gasteiger partial charge in [0, 0.05) is 17.4 Å². The van der Waals surface area contributed by atoms with E-state index in [0.717, 1.165) is 44.6 Å². The molecule has 5 aromatic rings. The summed E-state index contributed by atoms with van der Waals surface area (Å²) in [5.41, 5.74) is 2.25. The van der Waals surface area contributed by atoms with Crippen LogP contribution in [0, 0.1) is 0 Å². The molecule has 0 saturated heterocycles. The number of para-hydroxylation sites is 1. The maximum atomic E-state index is 13.1. The first-order valence-electron chi connectivity index (χ1n) is 10.8. The molecule has 7 nitrogen and oxygen atoms in total. The fraction of sp³-hybridized carbons (Fsp3) is 0.200. The Bertz CT molecular complexity index is 1440. The molecule has 33 heavy (non-hydrogen) atoms. The number of furan rings is 1. The summed E-state index contributed by atoms with van der Waals surface area (Å²) in [6, 6.07) is 17.6. The molecule has 1 N–H and O–H groups in total. The number of nitrogens with zero attached hydrogens (tertiary/aromatic N) is 3. The number of tetrazole rings is 1. The quantitative estimate of drug-likeness (QED) is 0.243. The molecule has 0 aliphatic heterocycles. The van der Waals surface area contributed by atoms with E-state index in [4.69, 9.17) is 9.15 Å². The second-order valence-electron chi connectivity index (χ2n) is 7.76. The van der Waals surface area contributed by atoms with Crippen molar-refractivity contribution in [2.75, 3.05) is 0 Å². The lowest BCUT2D eigenvalue weighted by molar-refractivity contribution is 0.0981. The van der Waals surface area contributed by atoms with Crippen LogP contribution in [0.4, 0.5) is 0 Å². The third-order valence-electron chi connectivity index (χ3n) is 5.56. The molecule has 5 rings (SSSR count). The Morgan fingerprint density at radius 3 is 2.82 bits per heavy atom. The standard InChI is InChI=1S/C25H21BrN4O3/c1-2-3-7-19(31)23-18-6-4-5-8-20(18)33-25(23)16-9-11-17-15(13-16)10-12-21(24(17)26)32-14-22-27-29-30-28-22/h4-6,8-13H,2-3,7,14H2,1H3,(H,27,28,29,30). The first-order valence-corrected chi connectivity index (χ1v) is 11.6. The molecule has 0 amide bonds. The van der Waals surface area contributed by atoms with E-state index in [-0.39, 0.29) is 12.4 Å². The zero-order valence-electron chi connectivity index (χ0n) is 18.0. The highest BCUT2D eigenvalue weighted by Crippen LogP contribution is 2.39. The van der Waals surface area contributed by atoms with Gasteiger partial charge in [-0.1, -0.05) is 55.0 Å². The molecule has 8 heteroatoms. The van der Waals surface area contributed by atoms with Gasteiger partial charge in [-0.15, -0.1) is 10.2 Å². The summed E-state index contributed by atoms with van der Waals surface area (Å²) in [6.07, 6.45) is 2.33. The Balaban J connectivity index is 1.54. The van der Waals surface area contributed by atoms with Crippen molar-refractivity contribution in [3.8, 4) is 17.1 Å². The van der Waals surface area contributed by atoms with Gasteiger partial charge >= 0.3 is 0 Å². The van der Waals surface area contributed by atoms with Crippen LogP contribution in [0.25, 0.3) is 33.1 Å². The van der Waals surface area contributed by atoms with Crippen LogP contribution in [-0.4, -0.2) is 26.4 Å². The summed E-state index contributed by atoms with van der Waals surface area (Å²) < 4.78 is 12.9. The summed E-state index contributed by atoms with van der Waals surface area (Å²) in [4.78, 5) is 13.1. The average molecular weight is 505 g/mol. The van der Waals surface area contributed by atoms with Crippen LogP contribution in [0.1, 0.15) is 42.4 Å². The number of ketones is 1. The predicted molar refractivity (Wildman–Crippen MR) is 129 cm³/mol. The van der Waals surface area contributed by atoms with Gasteiger partial charge in [0.15, 0.2) is 12.4 Å². The van der Waals surface area contributed by atoms with Crippen molar-refractivity contribution in [2.24, 2.45) is 0 Å². The maximum Gasteiger partial charge on any atom is 0.211 e. The molecule has 0 aliphatic carbocycles. The highest BCUT2D eigenvalue weighted by molar-refractivity contribution is 9.10. The lowest BCUT2D eigenvalue weighted by atomic mass is 9.97. The Morgan fingerprint density at radius 1 is 1.12 bits per heavy atom. The number of aromatic amines is 1. The van der Waals surface area contributed by atoms with E-state index in [1.54, 1.807) is 0 Å². The molecule has 3 aromatic carbocycles. The van der Waals surface area contributed by atoms with Crippen molar-refractivity contribution >= 4 is 43.5 Å². The molecule has 0 unspecified atom stereocenters. The van der Waals surface area contributed by atoms with Gasteiger partial charge < -0.3 is 9.15 Å². The number of carbonyl (C=O) groups excluding carboxylic acids is 1. The molecule has 0 atom stereocenters. The highest BCUT2D eigenvalue weighted by atomic mass is 79.9. The smallest absolute Gasteiger partial charge is 0.211 e. The van der Waals surface area contributed by atoms with E-state index in [9.17, 15) is 4.79 Å². The van der Waals surface area contributed by atoms with E-state index in [0.29, 0.717) is 29.3 Å². The molecule has 0 saturated carbocycles. The number of halogens is 1. The van der Waals surface area contributed by atoms with Gasteiger partial charge in [0.1, 0.15) is 17.1 Å². The van der Waals surface area contributed by atoms with E-state index >= 15 is 0 Å². The van der Waals surface area contributed by atoms with Crippen LogP contribution in [0.3, 0.4) is 0 Å². The van der Waals surface area contributed by atoms with Gasteiger partial charge in [-0.2, -0.15) is 5.21 Å². The summed E-state index contributed by atoms with van der Waals surface area (Å²) in [7, 11) is 0. The van der Waals surface area contributed by atoms with Crippen LogP contribution in [0.2, 0.25) is 0 Å². The summed E-state index contributed by atoms with van der Waals surface area (Å²) in [5.74, 6) is 1.89. The van der Waals surface area contributed by atoms with Crippen molar-refractivity contribution in [2.45, 2.75) is 32.8 Å². The van der Waals surface area contributed by atoms with Crippen LogP contribution in [0.15, 0.2) is 63.5 Å². The largest absolute Gasteiger partial charge is 0.484 e. The van der Waals surface area contributed by atoms with E-state index in [1.807, 2.05) is 54.6 Å². The molecule has 0 aliphatic rings. The minimum absolute atomic E-state index is 0.114. The van der Waals surface area contributed by atoms with Crippen LogP contribution >= 0.6 is 15.9 Å². The van der Waals surface area contributed by atoms with Crippen molar-refractivity contribution < 1.29 is 13.9 Å². The lowest BCUT2D eigenvalue weighted by Gasteiger charge is -2.10. The SMILES string of the molecule is CCCCC(=O)c1c(-c2ccc3c(Br)c(OCc4nn[nH]n4)ccc3c2)oc2ccccc12. The Labute approximate surface area is 198 Å². The molecule has 0 spiro atoms. The van der Waals surface area contributed by atoms with Gasteiger partial charge in [-0.3, -0.25) is 4.79 Å². The van der Waals surface area contributed by atoms with Gasteiger partial charge in [0.2, 0.25) is 5.82 Å². The number of fused-ring (bicyclic) bond motifs is 2. The minimum Gasteiger partial charge on any atom is -0.484 e. The monoisotopic (exact) mass is 504 g/mol. The Hall–Kier alpha value is -3.52. The third kappa shape index (κ3) is 4.14. The number of carbonyl (C=O) groups is 1. The first-order chi connectivity index (χ1) is 16.2. The number of benzene rings is 3. The molecule has 0 bridgehead atoms. The van der Waals surface area contributed by atoms with Crippen molar-refractivity contribution in [1.29, 1.82) is 0 Å². The highest BCUT2D eigenvalue weighted by Gasteiger charge is 2.22. The van der Waals surface area contributed by atoms with Gasteiger partial charge in [-0.05, 0) is 51.3 Å². The number of hydrogen-bond acceptors (Lipinski definition) is 6. The topological polar surface area (TPSA) is 93.9 Å². The third-order valence-corrected chi connectivity index (χ3v) is 6.38. The van der Waals surface area contributed by atoms with Crippen molar-refractivity contribution in [1.82, 2.24) is 20.6 Å². The number of Topliss-reactive ketones (excluding diaryl/α,β-unsaturated/α-hetero) is 1. The maximum absolute atomic E-state index is 13.1. The zero-order chi connectivity index (χ0) is 22.8. The fourth-order valence-electron chi connectivity index (χ4n) is 3.90. The number of unbranched alkanes of at least 4 members (excludes halogenated alkanes) is 1. The van der Waals surface area contributed by atoms with E-state index in [1.165, 1.54) is 0 Å². The van der Waals surface area contributed by atoms with Crippen LogP contribution in [0.5, 0.6) is 5.75 Å². The van der Waals surface area contributed by atoms with Crippen LogP contribution in [-0.2, 0) is 6.61 Å². The number of nitrogens with one attached hydrogen (secondary N) is 1. The minimum atomic E-state index is 0.114. The molecular weight excluding hydrogens is 484 g/mol. The van der Waals surface area contributed by atoms with Crippen LogP contribution < -0.4 is 4.74 Å². The molecule has 2 aromatic heterocycles. The van der Waals surface area contributed by atoms with E-state index < -0.39 is 0 Å². The predicted octanol–water partition coefficient (Wildman–Crippen LogP) is 6.48. The van der Waals surface area contributed by atoms with Gasteiger partial charge in [0.25, 0.3) is 0 Å². The number of aromatic nitrogens is 4. The van der Waals surface area contributed by atoms with Gasteiger partial charge in [-0.25, -0.2) is 0 Å². The fourth-order valence-corrected chi connectivity index (χ4v) is 4.51. The Kier molecular flexibility index (Phi) is 5.92. The van der Waals surface area contributed by atoms with Crippen molar-refractivity contribution in [3.63, 3.8) is 0 Å². The number of hydrogen-bond donors (Lipinski definition) is 1. The summed E-state index contributed by atoms with van der Waals surface area (Å²) >= 11 is 3.65. The summed E-state index contributed by atoms with van der Waals surface area (Å²) in [6.45, 7) is 2.30. The number of rotatable bonds is 8. The van der Waals surface area contributed by atoms with Gasteiger partial charge in [0.05, 0.1) is 10.0 Å². The molecule has 166 valence electrons. The second-order valence-corrected chi connectivity index (χ2v) is 8.55. The normalized spacial score (nSPS) is 11.3. The summed E-state index contributed by atoms with van der Waals surface area (Å²) in [5, 5.41) is 16.6. The Morgan fingerprint density at radius 2 is 2.00 bits per heavy atom. The lowest BCUT2D eigenvalue weighted by Crippen LogP contribution is -2.00. The molecule has 2 heterocycles. The molecule has 0 radical (unpaired) electrons. The first kappa shape index (κ1) is 21.3. The number of H-pyrrole nitrogens is 1. The van der Waals surface area contributed by atoms with Crippen molar-refractivity contribution in [3.05, 3.63) is 70.5 Å². The number of ether oxygens (including phenoxy) is 1.